The van der Waals surface area contributed by atoms with Gasteiger partial charge in [-0.15, -0.1) is 0 Å². The lowest BCUT2D eigenvalue weighted by molar-refractivity contribution is 0.348. The van der Waals surface area contributed by atoms with Gasteiger partial charge in [-0.1, -0.05) is 36.8 Å². The summed E-state index contributed by atoms with van der Waals surface area (Å²) in [7, 11) is 2.11. The number of nitrogens with one attached hydrogen (secondary N) is 2. The highest BCUT2D eigenvalue weighted by atomic mass is 16.1. The Bertz CT molecular complexity index is 1050. The molecule has 30 heavy (non-hydrogen) atoms. The van der Waals surface area contributed by atoms with Crippen LogP contribution in [-0.4, -0.2) is 42.4 Å². The van der Waals surface area contributed by atoms with Crippen LogP contribution in [0.15, 0.2) is 65.6 Å². The summed E-state index contributed by atoms with van der Waals surface area (Å²) < 4.78 is 1.61. The average Bonchev–Trinajstić information content (AvgIpc) is 2.74. The Morgan fingerprint density at radius 2 is 1.80 bits per heavy atom. The van der Waals surface area contributed by atoms with E-state index in [0.29, 0.717) is 0 Å². The number of hydrogen-bond donors (Lipinski definition) is 2. The summed E-state index contributed by atoms with van der Waals surface area (Å²) in [6.07, 6.45) is 4.26. The Morgan fingerprint density at radius 1 is 1.03 bits per heavy atom. The van der Waals surface area contributed by atoms with Crippen LogP contribution >= 0.6 is 0 Å². The van der Waals surface area contributed by atoms with Crippen molar-refractivity contribution in [1.82, 2.24) is 9.47 Å². The predicted octanol–water partition coefficient (Wildman–Crippen LogP) is 4.56. The molecule has 2 aromatic carbocycles. The molecule has 0 aliphatic carbocycles. The van der Waals surface area contributed by atoms with E-state index in [1.165, 1.54) is 11.8 Å². The van der Waals surface area contributed by atoms with Crippen molar-refractivity contribution in [3.05, 3.63) is 82.3 Å². The minimum absolute atomic E-state index is 0.0918. The van der Waals surface area contributed by atoms with Crippen molar-refractivity contribution < 1.29 is 0 Å². The monoisotopic (exact) mass is 402 g/mol. The summed E-state index contributed by atoms with van der Waals surface area (Å²) in [4.78, 5) is 15.0. The van der Waals surface area contributed by atoms with Gasteiger partial charge >= 0.3 is 0 Å². The SMILES string of the molecule is CCCN(C)CCNc1ccc(-n2ccc(-c3ccc(C)cc3)cc2=O)cc1C=N. The molecule has 0 aliphatic heterocycles. The average molecular weight is 403 g/mol. The maximum Gasteiger partial charge on any atom is 0.255 e. The van der Waals surface area contributed by atoms with E-state index in [-0.39, 0.29) is 5.56 Å². The molecule has 5 nitrogen and oxygen atoms in total. The van der Waals surface area contributed by atoms with Gasteiger partial charge < -0.3 is 15.6 Å². The third kappa shape index (κ3) is 5.24. The Hall–Kier alpha value is -3.18. The second-order valence-electron chi connectivity index (χ2n) is 7.64. The quantitative estimate of drug-likeness (QED) is 0.516. The molecular formula is C25H30N4O. The van der Waals surface area contributed by atoms with Crippen LogP contribution in [0, 0.1) is 12.3 Å². The van der Waals surface area contributed by atoms with E-state index in [1.807, 2.05) is 55.5 Å². The standard InChI is InChI=1S/C25H30N4O/c1-4-13-28(3)15-12-27-24-10-9-23(16-22(24)18-26)29-14-11-21(17-25(29)30)20-7-5-19(2)6-8-20/h5-11,14,16-18,26-27H,4,12-13,15H2,1-3H3. The third-order valence-electron chi connectivity index (χ3n) is 5.19. The van der Waals surface area contributed by atoms with Gasteiger partial charge in [0.1, 0.15) is 0 Å². The van der Waals surface area contributed by atoms with Crippen LogP contribution in [0.1, 0.15) is 24.5 Å². The first kappa shape index (κ1) is 21.5. The molecule has 1 aromatic heterocycles. The van der Waals surface area contributed by atoms with Crippen LogP contribution in [0.5, 0.6) is 0 Å². The maximum absolute atomic E-state index is 12.8. The second kappa shape index (κ2) is 10.0. The van der Waals surface area contributed by atoms with E-state index in [2.05, 4.69) is 24.2 Å². The first-order valence-electron chi connectivity index (χ1n) is 10.4. The molecule has 0 radical (unpaired) electrons. The number of likely N-dealkylation sites (N-methyl/N-ethyl adjacent to an activating group) is 1. The molecule has 0 saturated heterocycles. The molecule has 2 N–H and O–H groups in total. The van der Waals surface area contributed by atoms with Crippen molar-refractivity contribution in [2.45, 2.75) is 20.3 Å². The zero-order chi connectivity index (χ0) is 21.5. The van der Waals surface area contributed by atoms with Crippen molar-refractivity contribution in [3.63, 3.8) is 0 Å². The van der Waals surface area contributed by atoms with Crippen molar-refractivity contribution in [2.24, 2.45) is 0 Å². The molecule has 0 saturated carbocycles. The summed E-state index contributed by atoms with van der Waals surface area (Å²) in [6.45, 7) is 7.03. The topological polar surface area (TPSA) is 61.1 Å². The van der Waals surface area contributed by atoms with Gasteiger partial charge in [-0.25, -0.2) is 0 Å². The summed E-state index contributed by atoms with van der Waals surface area (Å²) in [5.41, 5.74) is 5.45. The number of aromatic nitrogens is 1. The molecule has 0 aliphatic rings. The van der Waals surface area contributed by atoms with Gasteiger partial charge in [0.25, 0.3) is 5.56 Å². The van der Waals surface area contributed by atoms with E-state index >= 15 is 0 Å². The normalized spacial score (nSPS) is 10.9. The highest BCUT2D eigenvalue weighted by molar-refractivity contribution is 5.86. The second-order valence-corrected chi connectivity index (χ2v) is 7.64. The van der Waals surface area contributed by atoms with Crippen LogP contribution in [0.25, 0.3) is 16.8 Å². The van der Waals surface area contributed by atoms with Gasteiger partial charge in [0.15, 0.2) is 0 Å². The number of pyridine rings is 1. The smallest absolute Gasteiger partial charge is 0.255 e. The lowest BCUT2D eigenvalue weighted by Gasteiger charge is -2.17. The molecule has 0 unspecified atom stereocenters. The lowest BCUT2D eigenvalue weighted by atomic mass is 10.1. The number of anilines is 1. The molecule has 0 atom stereocenters. The first-order chi connectivity index (χ1) is 14.5. The number of rotatable bonds is 9. The molecule has 3 rings (SSSR count). The van der Waals surface area contributed by atoms with Crippen LogP contribution in [0.2, 0.25) is 0 Å². The Morgan fingerprint density at radius 3 is 2.47 bits per heavy atom. The maximum atomic E-state index is 12.8. The van der Waals surface area contributed by atoms with E-state index in [9.17, 15) is 4.79 Å². The van der Waals surface area contributed by atoms with Crippen LogP contribution in [0.3, 0.4) is 0 Å². The van der Waals surface area contributed by atoms with Gasteiger partial charge in [-0.2, -0.15) is 0 Å². The van der Waals surface area contributed by atoms with Crippen LogP contribution in [-0.2, 0) is 0 Å². The predicted molar refractivity (Wildman–Crippen MR) is 126 cm³/mol. The van der Waals surface area contributed by atoms with E-state index in [4.69, 9.17) is 5.41 Å². The highest BCUT2D eigenvalue weighted by Crippen LogP contribution is 2.21. The minimum Gasteiger partial charge on any atom is -0.383 e. The third-order valence-corrected chi connectivity index (χ3v) is 5.19. The molecule has 1 heterocycles. The van der Waals surface area contributed by atoms with Gasteiger partial charge in [0, 0.05) is 48.5 Å². The van der Waals surface area contributed by atoms with Crippen molar-refractivity contribution in [3.8, 4) is 16.8 Å². The number of hydrogen-bond acceptors (Lipinski definition) is 4. The fourth-order valence-corrected chi connectivity index (χ4v) is 3.47. The fourth-order valence-electron chi connectivity index (χ4n) is 3.47. The summed E-state index contributed by atoms with van der Waals surface area (Å²) >= 11 is 0. The molecule has 3 aromatic rings. The molecule has 0 amide bonds. The highest BCUT2D eigenvalue weighted by Gasteiger charge is 2.07. The van der Waals surface area contributed by atoms with Crippen molar-refractivity contribution in [1.29, 1.82) is 5.41 Å². The van der Waals surface area contributed by atoms with Crippen LogP contribution in [0.4, 0.5) is 5.69 Å². The Kier molecular flexibility index (Phi) is 7.20. The van der Waals surface area contributed by atoms with E-state index < -0.39 is 0 Å². The molecular weight excluding hydrogens is 372 g/mol. The van der Waals surface area contributed by atoms with Crippen LogP contribution < -0.4 is 10.9 Å². The molecule has 0 bridgehead atoms. The Balaban J connectivity index is 1.79. The fraction of sp³-hybridized carbons (Fsp3) is 0.280. The van der Waals surface area contributed by atoms with Gasteiger partial charge in [0.2, 0.25) is 0 Å². The van der Waals surface area contributed by atoms with Gasteiger partial charge in [-0.3, -0.25) is 9.36 Å². The number of nitrogens with zero attached hydrogens (tertiary/aromatic N) is 2. The number of aryl methyl sites for hydroxylation is 1. The number of benzene rings is 2. The first-order valence-corrected chi connectivity index (χ1v) is 10.4. The largest absolute Gasteiger partial charge is 0.383 e. The molecule has 156 valence electrons. The zero-order valence-electron chi connectivity index (χ0n) is 18.0. The molecule has 0 fully saturated rings. The van der Waals surface area contributed by atoms with Gasteiger partial charge in [0.05, 0.1) is 0 Å². The zero-order valence-corrected chi connectivity index (χ0v) is 18.0. The molecule has 0 spiro atoms. The van der Waals surface area contributed by atoms with E-state index in [0.717, 1.165) is 54.1 Å². The van der Waals surface area contributed by atoms with Gasteiger partial charge in [-0.05, 0) is 62.3 Å². The summed E-state index contributed by atoms with van der Waals surface area (Å²) in [6, 6.07) is 17.5. The Labute approximate surface area is 178 Å². The summed E-state index contributed by atoms with van der Waals surface area (Å²) in [5, 5.41) is 11.2. The minimum atomic E-state index is -0.0918. The molecule has 5 heteroatoms. The van der Waals surface area contributed by atoms with Crippen molar-refractivity contribution >= 4 is 11.9 Å². The van der Waals surface area contributed by atoms with Crippen molar-refractivity contribution in [2.75, 3.05) is 32.0 Å². The lowest BCUT2D eigenvalue weighted by Crippen LogP contribution is -2.26. The van der Waals surface area contributed by atoms with E-state index in [1.54, 1.807) is 16.8 Å². The summed E-state index contributed by atoms with van der Waals surface area (Å²) in [5.74, 6) is 0.